The third kappa shape index (κ3) is 18.7. The van der Waals surface area contributed by atoms with Gasteiger partial charge in [0.15, 0.2) is 34.4 Å². The van der Waals surface area contributed by atoms with Crippen molar-refractivity contribution in [1.29, 1.82) is 10.5 Å². The molecule has 0 aromatic carbocycles. The molecule has 8 N–H and O–H groups in total. The molecule has 28 heteroatoms. The van der Waals surface area contributed by atoms with Crippen LogP contribution in [0.1, 0.15) is 64.5 Å². The maximum Gasteiger partial charge on any atom is 0.414 e. The lowest BCUT2D eigenvalue weighted by molar-refractivity contribution is -0.159. The van der Waals surface area contributed by atoms with Gasteiger partial charge in [-0.25, -0.2) is 39.5 Å². The molecule has 0 radical (unpaired) electrons. The van der Waals surface area contributed by atoms with Gasteiger partial charge < -0.3 is 70.2 Å². The number of nitrogens with two attached hydrogens (primary N) is 2. The highest BCUT2D eigenvalue weighted by Crippen LogP contribution is 2.31. The van der Waals surface area contributed by atoms with Gasteiger partial charge in [-0.3, -0.25) is 18.7 Å². The Hall–Kier alpha value is -8.64. The normalized spacial score (nSPS) is 14.3. The van der Waals surface area contributed by atoms with Crippen LogP contribution in [0.25, 0.3) is 34.0 Å². The van der Waals surface area contributed by atoms with E-state index in [2.05, 4.69) is 42.7 Å². The van der Waals surface area contributed by atoms with Crippen molar-refractivity contribution in [3.63, 3.8) is 0 Å². The zero-order valence-corrected chi connectivity index (χ0v) is 46.0. The molecule has 28 nitrogen and oxygen atoms in total. The second-order valence-corrected chi connectivity index (χ2v) is 19.1. The number of imidazole rings is 2. The number of carboxylic acids is 2. The SMILES string of the molecule is CC(C)[C@H](N)C(=O)OCCOCCOc1cc2ncn(-c3ccc(C#N)cn3)c2nc1NC1CCOCC1.CC(C)[C@H](N)C(=O)OCCOCCOc1cc2ncn(-c3ccc(C#N)cn3)c2nc1NC1CCOCC1.O=C(O)C(=O)O. The maximum atomic E-state index is 11.8. The molecule has 2 fully saturated rings. The number of esters is 2. The molecule has 0 spiro atoms. The minimum absolute atomic E-state index is 0.0125. The van der Waals surface area contributed by atoms with Crippen LogP contribution in [0, 0.1) is 34.5 Å². The van der Waals surface area contributed by atoms with E-state index in [0.717, 1.165) is 25.7 Å². The molecule has 0 saturated carbocycles. The Labute approximate surface area is 472 Å². The molecule has 8 rings (SSSR count). The number of aliphatic carboxylic acids is 2. The molecule has 438 valence electrons. The summed E-state index contributed by atoms with van der Waals surface area (Å²) in [4.78, 5) is 69.2. The average Bonchev–Trinajstić information content (AvgIpc) is 4.30. The van der Waals surface area contributed by atoms with Crippen LogP contribution >= 0.6 is 0 Å². The molecule has 0 bridgehead atoms. The molecule has 0 aliphatic carbocycles. The first-order valence-electron chi connectivity index (χ1n) is 26.5. The van der Waals surface area contributed by atoms with Crippen LogP contribution in [0.2, 0.25) is 0 Å². The minimum atomic E-state index is -1.82. The van der Waals surface area contributed by atoms with E-state index in [9.17, 15) is 9.59 Å². The molecule has 2 aliphatic rings. The summed E-state index contributed by atoms with van der Waals surface area (Å²) in [7, 11) is 0. The van der Waals surface area contributed by atoms with Gasteiger partial charge in [0.1, 0.15) is 86.0 Å². The van der Waals surface area contributed by atoms with Gasteiger partial charge in [0.05, 0.1) is 37.6 Å². The zero-order chi connectivity index (χ0) is 59.0. The van der Waals surface area contributed by atoms with Gasteiger partial charge in [0.25, 0.3) is 0 Å². The average molecular weight is 1140 g/mol. The van der Waals surface area contributed by atoms with Gasteiger partial charge >= 0.3 is 23.9 Å². The van der Waals surface area contributed by atoms with Crippen LogP contribution < -0.4 is 31.6 Å². The van der Waals surface area contributed by atoms with Crippen LogP contribution in [-0.4, -0.2) is 177 Å². The van der Waals surface area contributed by atoms with Crippen LogP contribution in [-0.2, 0) is 47.6 Å². The van der Waals surface area contributed by atoms with Gasteiger partial charge in [-0.05, 0) is 61.8 Å². The molecule has 0 unspecified atom stereocenters. The number of fused-ring (bicyclic) bond motifs is 2. The molecular formula is C54H68N14O14. The Balaban J connectivity index is 0.000000240. The van der Waals surface area contributed by atoms with Crippen LogP contribution in [0.5, 0.6) is 11.5 Å². The molecule has 82 heavy (non-hydrogen) atoms. The number of hydrogen-bond acceptors (Lipinski definition) is 24. The number of ether oxygens (including phenoxy) is 8. The summed E-state index contributed by atoms with van der Waals surface area (Å²) in [6, 6.07) is 13.8. The number of nitrogens with one attached hydrogen (secondary N) is 2. The van der Waals surface area contributed by atoms with Gasteiger partial charge in [-0.15, -0.1) is 0 Å². The van der Waals surface area contributed by atoms with Crippen LogP contribution in [0.4, 0.5) is 11.6 Å². The van der Waals surface area contributed by atoms with Gasteiger partial charge in [0.2, 0.25) is 0 Å². The number of pyridine rings is 4. The standard InChI is InChI=1S/2C26H33N7O5.C2H2O4/c2*1-17(2)23(28)26(34)38-12-10-36-9-11-37-21-13-20-25(32-24(21)31-19-5-7-35-8-6-19)33(16-30-20)22-4-3-18(14-27)15-29-22;3-1(4)2(5)6/h2*3-4,13,15-17,19,23H,5-12,28H2,1-2H3,(H,31,32);(H,3,4)(H,5,6)/t2*23-;/m00./s1. The molecular weight excluding hydrogens is 1070 g/mol. The lowest BCUT2D eigenvalue weighted by Gasteiger charge is -2.24. The van der Waals surface area contributed by atoms with E-state index in [1.54, 1.807) is 46.1 Å². The number of carbonyl (C=O) groups is 4. The first-order valence-corrected chi connectivity index (χ1v) is 26.5. The smallest absolute Gasteiger partial charge is 0.414 e. The number of carbonyl (C=O) groups excluding carboxylic acids is 2. The monoisotopic (exact) mass is 1140 g/mol. The van der Waals surface area contributed by atoms with Crippen molar-refractivity contribution in [3.05, 3.63) is 72.6 Å². The van der Waals surface area contributed by atoms with Crippen LogP contribution in [0.3, 0.4) is 0 Å². The van der Waals surface area contributed by atoms with Crippen molar-refractivity contribution in [3.8, 4) is 35.3 Å². The predicted octanol–water partition coefficient (Wildman–Crippen LogP) is 3.56. The largest absolute Gasteiger partial charge is 0.487 e. The molecule has 2 atom stereocenters. The highest BCUT2D eigenvalue weighted by atomic mass is 16.6. The summed E-state index contributed by atoms with van der Waals surface area (Å²) in [5.41, 5.74) is 15.0. The zero-order valence-electron chi connectivity index (χ0n) is 46.0. The molecule has 6 aromatic rings. The Kier molecular flexibility index (Phi) is 24.4. The van der Waals surface area contributed by atoms with Crippen LogP contribution in [0.15, 0.2) is 61.4 Å². The van der Waals surface area contributed by atoms with E-state index in [1.165, 1.54) is 12.4 Å². The Bertz CT molecular complexity index is 2900. The lowest BCUT2D eigenvalue weighted by atomic mass is 10.1. The minimum Gasteiger partial charge on any atom is -0.487 e. The Morgan fingerprint density at radius 2 is 0.988 bits per heavy atom. The number of nitriles is 2. The van der Waals surface area contributed by atoms with E-state index >= 15 is 0 Å². The highest BCUT2D eigenvalue weighted by molar-refractivity contribution is 6.27. The third-order valence-corrected chi connectivity index (χ3v) is 12.4. The van der Waals surface area contributed by atoms with E-state index in [-0.39, 0.29) is 63.6 Å². The summed E-state index contributed by atoms with van der Waals surface area (Å²) in [5.74, 6) is -0.978. The van der Waals surface area contributed by atoms with E-state index < -0.39 is 36.0 Å². The van der Waals surface area contributed by atoms with E-state index in [4.69, 9.17) is 89.7 Å². The first kappa shape index (κ1) is 62.6. The van der Waals surface area contributed by atoms with Crippen molar-refractivity contribution in [1.82, 2.24) is 39.0 Å². The Morgan fingerprint density at radius 3 is 1.32 bits per heavy atom. The maximum absolute atomic E-state index is 11.8. The number of nitrogens with zero attached hydrogens (tertiary/aromatic N) is 10. The van der Waals surface area contributed by atoms with E-state index in [0.29, 0.717) is 108 Å². The predicted molar refractivity (Wildman–Crippen MR) is 293 cm³/mol. The van der Waals surface area contributed by atoms with Gasteiger partial charge in [0, 0.05) is 63.0 Å². The van der Waals surface area contributed by atoms with Crippen molar-refractivity contribution in [2.24, 2.45) is 23.3 Å². The Morgan fingerprint density at radius 1 is 0.610 bits per heavy atom. The second-order valence-electron chi connectivity index (χ2n) is 19.1. The quantitative estimate of drug-likeness (QED) is 0.0287. The summed E-state index contributed by atoms with van der Waals surface area (Å²) >= 11 is 0. The van der Waals surface area contributed by atoms with Gasteiger partial charge in [-0.2, -0.15) is 10.5 Å². The fourth-order valence-electron chi connectivity index (χ4n) is 7.63. The number of aromatic nitrogens is 8. The van der Waals surface area contributed by atoms with Gasteiger partial charge in [-0.1, -0.05) is 27.7 Å². The van der Waals surface area contributed by atoms with Crippen molar-refractivity contribution in [2.45, 2.75) is 77.5 Å². The molecule has 2 saturated heterocycles. The van der Waals surface area contributed by atoms with Crippen molar-refractivity contribution >= 4 is 57.8 Å². The number of hydrogen-bond donors (Lipinski definition) is 6. The molecule has 0 amide bonds. The topological polar surface area (TPSA) is 393 Å². The molecule has 8 heterocycles. The van der Waals surface area contributed by atoms with Crippen molar-refractivity contribution < 1.29 is 67.3 Å². The lowest BCUT2D eigenvalue weighted by Crippen LogP contribution is -2.37. The summed E-state index contributed by atoms with van der Waals surface area (Å²) in [5, 5.41) is 39.9. The third-order valence-electron chi connectivity index (χ3n) is 12.4. The summed E-state index contributed by atoms with van der Waals surface area (Å²) < 4.78 is 47.9. The number of carboxylic acid groups (broad SMARTS) is 2. The fraction of sp³-hybridized carbons (Fsp3) is 0.481. The second kappa shape index (κ2) is 32.0. The summed E-state index contributed by atoms with van der Waals surface area (Å²) in [6.45, 7) is 12.1. The number of anilines is 2. The van der Waals surface area contributed by atoms with Crippen molar-refractivity contribution in [2.75, 3.05) is 89.9 Å². The van der Waals surface area contributed by atoms with E-state index in [1.807, 2.05) is 39.8 Å². The highest BCUT2D eigenvalue weighted by Gasteiger charge is 2.23. The molecule has 6 aromatic heterocycles. The summed E-state index contributed by atoms with van der Waals surface area (Å²) in [6.07, 6.45) is 9.75. The fourth-order valence-corrected chi connectivity index (χ4v) is 7.63. The number of rotatable bonds is 24. The first-order chi connectivity index (χ1) is 39.6. The molecule has 2 aliphatic heterocycles.